The lowest BCUT2D eigenvalue weighted by atomic mass is 9.92. The van der Waals surface area contributed by atoms with Crippen molar-refractivity contribution in [2.24, 2.45) is 0 Å². The van der Waals surface area contributed by atoms with Crippen LogP contribution in [0.3, 0.4) is 0 Å². The maximum absolute atomic E-state index is 7.74. The van der Waals surface area contributed by atoms with Gasteiger partial charge in [-0.3, -0.25) is 5.41 Å². The summed E-state index contributed by atoms with van der Waals surface area (Å²) < 4.78 is 0. The predicted molar refractivity (Wildman–Crippen MR) is 59.7 cm³/mol. The first-order chi connectivity index (χ1) is 6.86. The second kappa shape index (κ2) is 4.63. The van der Waals surface area contributed by atoms with Gasteiger partial charge in [0.15, 0.2) is 0 Å². The largest absolute Gasteiger partial charge is 0.368 e. The van der Waals surface area contributed by atoms with Gasteiger partial charge in [-0.2, -0.15) is 0 Å². The summed E-state index contributed by atoms with van der Waals surface area (Å²) in [6.45, 7) is 0. The summed E-state index contributed by atoms with van der Waals surface area (Å²) >= 11 is 0. The maximum Gasteiger partial charge on any atom is 0.0936 e. The van der Waals surface area contributed by atoms with Gasteiger partial charge in [0.25, 0.3) is 0 Å². The molecule has 14 heavy (non-hydrogen) atoms. The molecule has 0 amide bonds. The van der Waals surface area contributed by atoms with Crippen LogP contribution in [0.4, 0.5) is 0 Å². The first-order valence-electron chi connectivity index (χ1n) is 5.89. The fourth-order valence-corrected chi connectivity index (χ4v) is 2.46. The molecule has 0 spiro atoms. The van der Waals surface area contributed by atoms with Crippen molar-refractivity contribution in [2.45, 2.75) is 57.4 Å². The Morgan fingerprint density at radius 3 is 2.79 bits per heavy atom. The molecule has 1 heterocycles. The molecule has 1 atom stereocenters. The average Bonchev–Trinajstić information content (AvgIpc) is 2.44. The molecular formula is C12H20N2. The molecule has 1 aliphatic heterocycles. The molecule has 1 unspecified atom stereocenters. The Labute approximate surface area is 86.3 Å². The summed E-state index contributed by atoms with van der Waals surface area (Å²) in [5.74, 6) is 0.749. The van der Waals surface area contributed by atoms with Crippen LogP contribution in [-0.2, 0) is 0 Å². The van der Waals surface area contributed by atoms with Gasteiger partial charge < -0.3 is 5.32 Å². The fourth-order valence-electron chi connectivity index (χ4n) is 2.46. The fraction of sp³-hybridized carbons (Fsp3) is 0.750. The minimum absolute atomic E-state index is 0.491. The second-order valence-electron chi connectivity index (χ2n) is 4.45. The van der Waals surface area contributed by atoms with Crippen molar-refractivity contribution in [1.29, 1.82) is 5.41 Å². The number of hydrogen-bond acceptors (Lipinski definition) is 1. The van der Waals surface area contributed by atoms with E-state index >= 15 is 0 Å². The van der Waals surface area contributed by atoms with E-state index in [4.69, 9.17) is 5.41 Å². The van der Waals surface area contributed by atoms with Gasteiger partial charge in [-0.1, -0.05) is 18.1 Å². The van der Waals surface area contributed by atoms with Crippen LogP contribution in [0.15, 0.2) is 11.6 Å². The molecule has 0 aromatic rings. The van der Waals surface area contributed by atoms with Crippen LogP contribution in [0.2, 0.25) is 0 Å². The van der Waals surface area contributed by atoms with E-state index in [9.17, 15) is 0 Å². The zero-order valence-corrected chi connectivity index (χ0v) is 8.81. The van der Waals surface area contributed by atoms with Gasteiger partial charge in [0, 0.05) is 12.5 Å². The van der Waals surface area contributed by atoms with Crippen LogP contribution in [0.5, 0.6) is 0 Å². The van der Waals surface area contributed by atoms with Gasteiger partial charge in [0.05, 0.1) is 5.84 Å². The number of amidine groups is 1. The summed E-state index contributed by atoms with van der Waals surface area (Å²) in [6.07, 6.45) is 12.3. The highest BCUT2D eigenvalue weighted by Crippen LogP contribution is 2.24. The monoisotopic (exact) mass is 192 g/mol. The molecule has 0 radical (unpaired) electrons. The maximum atomic E-state index is 7.74. The smallest absolute Gasteiger partial charge is 0.0936 e. The van der Waals surface area contributed by atoms with Gasteiger partial charge in [0.1, 0.15) is 0 Å². The zero-order chi connectivity index (χ0) is 9.80. The van der Waals surface area contributed by atoms with Crippen LogP contribution >= 0.6 is 0 Å². The standard InChI is InChI=1S/C12H20N2/c13-12-9-5-4-8-11(14-12)10-6-2-1-3-7-10/h6,11H,1-5,7-9H2,(H2,13,14). The molecule has 0 saturated carbocycles. The van der Waals surface area contributed by atoms with Gasteiger partial charge >= 0.3 is 0 Å². The van der Waals surface area contributed by atoms with E-state index in [1.54, 1.807) is 5.57 Å². The number of rotatable bonds is 1. The molecule has 78 valence electrons. The molecule has 0 bridgehead atoms. The summed E-state index contributed by atoms with van der Waals surface area (Å²) in [5, 5.41) is 11.1. The highest BCUT2D eigenvalue weighted by molar-refractivity contribution is 5.79. The van der Waals surface area contributed by atoms with Crippen LogP contribution in [0, 0.1) is 5.41 Å². The van der Waals surface area contributed by atoms with E-state index in [0.29, 0.717) is 6.04 Å². The molecule has 2 heteroatoms. The van der Waals surface area contributed by atoms with E-state index in [0.717, 1.165) is 12.3 Å². The Bertz CT molecular complexity index is 243. The lowest BCUT2D eigenvalue weighted by Crippen LogP contribution is -2.34. The SMILES string of the molecule is N=C1CCCCC(C2=CCCCC2)N1. The highest BCUT2D eigenvalue weighted by atomic mass is 15.0. The normalized spacial score (nSPS) is 29.0. The van der Waals surface area contributed by atoms with Gasteiger partial charge in [-0.25, -0.2) is 0 Å². The summed E-state index contributed by atoms with van der Waals surface area (Å²) in [6, 6.07) is 0.491. The summed E-state index contributed by atoms with van der Waals surface area (Å²) in [5.41, 5.74) is 1.57. The molecule has 0 aromatic heterocycles. The highest BCUT2D eigenvalue weighted by Gasteiger charge is 2.18. The van der Waals surface area contributed by atoms with Crippen LogP contribution < -0.4 is 5.32 Å². The van der Waals surface area contributed by atoms with Crippen molar-refractivity contribution < 1.29 is 0 Å². The molecule has 2 rings (SSSR count). The van der Waals surface area contributed by atoms with E-state index < -0.39 is 0 Å². The molecule has 0 aromatic carbocycles. The van der Waals surface area contributed by atoms with E-state index in [1.807, 2.05) is 0 Å². The molecule has 1 saturated heterocycles. The van der Waals surface area contributed by atoms with Gasteiger partial charge in [0.2, 0.25) is 0 Å². The first kappa shape index (κ1) is 9.75. The van der Waals surface area contributed by atoms with Crippen LogP contribution in [0.1, 0.15) is 51.4 Å². The molecular weight excluding hydrogens is 172 g/mol. The third-order valence-corrected chi connectivity index (χ3v) is 3.29. The Balaban J connectivity index is 2.00. The van der Waals surface area contributed by atoms with Gasteiger partial charge in [-0.05, 0) is 38.5 Å². The Morgan fingerprint density at radius 2 is 2.00 bits per heavy atom. The van der Waals surface area contributed by atoms with E-state index in [-0.39, 0.29) is 0 Å². The minimum Gasteiger partial charge on any atom is -0.368 e. The predicted octanol–water partition coefficient (Wildman–Crippen LogP) is 3.00. The van der Waals surface area contributed by atoms with Crippen molar-refractivity contribution in [1.82, 2.24) is 5.32 Å². The lowest BCUT2D eigenvalue weighted by molar-refractivity contribution is 0.562. The summed E-state index contributed by atoms with van der Waals surface area (Å²) in [7, 11) is 0. The topological polar surface area (TPSA) is 35.9 Å². The molecule has 1 aliphatic carbocycles. The Hall–Kier alpha value is -0.790. The number of allylic oxidation sites excluding steroid dienone is 1. The van der Waals surface area contributed by atoms with Crippen molar-refractivity contribution in [3.8, 4) is 0 Å². The lowest BCUT2D eigenvalue weighted by Gasteiger charge is -2.23. The Morgan fingerprint density at radius 1 is 1.14 bits per heavy atom. The van der Waals surface area contributed by atoms with Crippen LogP contribution in [0.25, 0.3) is 0 Å². The molecule has 1 fully saturated rings. The van der Waals surface area contributed by atoms with Crippen molar-refractivity contribution >= 4 is 5.84 Å². The molecule has 2 aliphatic rings. The quantitative estimate of drug-likeness (QED) is 0.615. The Kier molecular flexibility index (Phi) is 3.22. The van der Waals surface area contributed by atoms with Crippen molar-refractivity contribution in [2.75, 3.05) is 0 Å². The molecule has 2 nitrogen and oxygen atoms in total. The zero-order valence-electron chi connectivity index (χ0n) is 8.81. The van der Waals surface area contributed by atoms with E-state index in [2.05, 4.69) is 11.4 Å². The summed E-state index contributed by atoms with van der Waals surface area (Å²) in [4.78, 5) is 0. The molecule has 2 N–H and O–H groups in total. The third kappa shape index (κ3) is 2.37. The van der Waals surface area contributed by atoms with Crippen LogP contribution in [-0.4, -0.2) is 11.9 Å². The van der Waals surface area contributed by atoms with Crippen molar-refractivity contribution in [3.05, 3.63) is 11.6 Å². The van der Waals surface area contributed by atoms with E-state index in [1.165, 1.54) is 44.9 Å². The average molecular weight is 192 g/mol. The second-order valence-corrected chi connectivity index (χ2v) is 4.45. The van der Waals surface area contributed by atoms with Gasteiger partial charge in [-0.15, -0.1) is 0 Å². The number of hydrogen-bond donors (Lipinski definition) is 2. The first-order valence-corrected chi connectivity index (χ1v) is 5.89. The van der Waals surface area contributed by atoms with Crippen molar-refractivity contribution in [3.63, 3.8) is 0 Å². The number of nitrogens with one attached hydrogen (secondary N) is 2. The third-order valence-electron chi connectivity index (χ3n) is 3.29. The minimum atomic E-state index is 0.491.